The highest BCUT2D eigenvalue weighted by molar-refractivity contribution is 4.90. The van der Waals surface area contributed by atoms with Gasteiger partial charge in [-0.3, -0.25) is 0 Å². The van der Waals surface area contributed by atoms with Crippen LogP contribution < -0.4 is 11.2 Å². The molecule has 3 nitrogen and oxygen atoms in total. The van der Waals surface area contributed by atoms with E-state index >= 15 is 0 Å². The van der Waals surface area contributed by atoms with Gasteiger partial charge in [-0.1, -0.05) is 25.7 Å². The predicted octanol–water partition coefficient (Wildman–Crippen LogP) is 2.66. The van der Waals surface area contributed by atoms with Crippen LogP contribution in [0.1, 0.15) is 65.7 Å². The molecule has 0 aromatic rings. The average molecular weight is 253 g/mol. The van der Waals surface area contributed by atoms with Crippen LogP contribution in [0.3, 0.4) is 0 Å². The highest BCUT2D eigenvalue weighted by Gasteiger charge is 2.34. The number of nitrogens with two attached hydrogens (primary N) is 1. The van der Waals surface area contributed by atoms with Crippen molar-refractivity contribution in [1.29, 1.82) is 0 Å². The molecule has 0 amide bonds. The third-order valence-electron chi connectivity index (χ3n) is 5.01. The minimum Gasteiger partial charge on any atom is -0.329 e. The summed E-state index contributed by atoms with van der Waals surface area (Å²) in [5.74, 6) is 0.904. The topological polar surface area (TPSA) is 41.3 Å². The summed E-state index contributed by atoms with van der Waals surface area (Å²) in [6, 6.07) is 1.28. The lowest BCUT2D eigenvalue weighted by atomic mass is 9.76. The lowest BCUT2D eigenvalue weighted by molar-refractivity contribution is -0.00367. The van der Waals surface area contributed by atoms with Gasteiger partial charge in [0.15, 0.2) is 0 Å². The molecule has 3 atom stereocenters. The number of hydrazine groups is 1. The summed E-state index contributed by atoms with van der Waals surface area (Å²) in [6.07, 6.45) is 9.44. The zero-order chi connectivity index (χ0) is 13.2. The van der Waals surface area contributed by atoms with E-state index in [9.17, 15) is 0 Å². The van der Waals surface area contributed by atoms with Crippen LogP contribution in [0.5, 0.6) is 0 Å². The van der Waals surface area contributed by atoms with Gasteiger partial charge in [-0.2, -0.15) is 0 Å². The van der Waals surface area contributed by atoms with E-state index in [1.54, 1.807) is 0 Å². The van der Waals surface area contributed by atoms with E-state index in [0.717, 1.165) is 12.5 Å². The van der Waals surface area contributed by atoms with E-state index in [1.807, 2.05) is 0 Å². The van der Waals surface area contributed by atoms with Crippen LogP contribution in [0.25, 0.3) is 0 Å². The fourth-order valence-corrected chi connectivity index (χ4v) is 3.46. The van der Waals surface area contributed by atoms with Gasteiger partial charge in [0.2, 0.25) is 0 Å². The van der Waals surface area contributed by atoms with Crippen molar-refractivity contribution < 1.29 is 0 Å². The van der Waals surface area contributed by atoms with Gasteiger partial charge in [-0.15, -0.1) is 0 Å². The van der Waals surface area contributed by atoms with Crippen molar-refractivity contribution in [2.75, 3.05) is 6.54 Å². The summed E-state index contributed by atoms with van der Waals surface area (Å²) >= 11 is 0. The molecule has 2 fully saturated rings. The molecule has 3 heteroatoms. The van der Waals surface area contributed by atoms with E-state index in [2.05, 4.69) is 31.2 Å². The van der Waals surface area contributed by atoms with Gasteiger partial charge in [0, 0.05) is 24.2 Å². The quantitative estimate of drug-likeness (QED) is 0.791. The molecule has 0 spiro atoms. The van der Waals surface area contributed by atoms with Crippen LogP contribution in [0.2, 0.25) is 0 Å². The first-order valence-electron chi connectivity index (χ1n) is 7.80. The van der Waals surface area contributed by atoms with Gasteiger partial charge < -0.3 is 5.73 Å². The summed E-state index contributed by atoms with van der Waals surface area (Å²) in [5, 5.41) is 2.48. The van der Waals surface area contributed by atoms with Gasteiger partial charge in [0.05, 0.1) is 0 Å². The largest absolute Gasteiger partial charge is 0.329 e. The minimum absolute atomic E-state index is 0.0882. The summed E-state index contributed by atoms with van der Waals surface area (Å²) < 4.78 is 0. The molecule has 1 saturated heterocycles. The maximum Gasteiger partial charge on any atom is 0.0422 e. The number of piperidine rings is 1. The first kappa shape index (κ1) is 14.3. The van der Waals surface area contributed by atoms with Crippen molar-refractivity contribution in [3.8, 4) is 0 Å². The minimum atomic E-state index is 0.0882. The first-order chi connectivity index (χ1) is 8.54. The van der Waals surface area contributed by atoms with Crippen LogP contribution >= 0.6 is 0 Å². The van der Waals surface area contributed by atoms with Crippen molar-refractivity contribution in [1.82, 2.24) is 10.4 Å². The molecule has 106 valence electrons. The van der Waals surface area contributed by atoms with Crippen LogP contribution in [0.15, 0.2) is 0 Å². The Labute approximate surface area is 112 Å². The van der Waals surface area contributed by atoms with E-state index < -0.39 is 0 Å². The highest BCUT2D eigenvalue weighted by Crippen LogP contribution is 2.34. The Hall–Kier alpha value is -0.120. The third kappa shape index (κ3) is 3.25. The Kier molecular flexibility index (Phi) is 4.68. The molecule has 1 heterocycles. The lowest BCUT2D eigenvalue weighted by Gasteiger charge is -2.46. The Morgan fingerprint density at radius 3 is 2.11 bits per heavy atom. The molecule has 0 aromatic carbocycles. The second-order valence-corrected chi connectivity index (χ2v) is 6.91. The van der Waals surface area contributed by atoms with Crippen LogP contribution in [-0.2, 0) is 0 Å². The fraction of sp³-hybridized carbons (Fsp3) is 1.00. The standard InChI is InChI=1S/C15H31N3/c1-12-6-4-7-13(2)18(12)17-15(3,11-16)10-14-8-5-9-14/h12-14,17H,4-11,16H2,1-3H3. The van der Waals surface area contributed by atoms with Crippen LogP contribution in [0.4, 0.5) is 0 Å². The van der Waals surface area contributed by atoms with Gasteiger partial charge in [-0.25, -0.2) is 10.4 Å². The average Bonchev–Trinajstić information content (AvgIpc) is 2.29. The van der Waals surface area contributed by atoms with Gasteiger partial charge in [-0.05, 0) is 46.0 Å². The fourth-order valence-electron chi connectivity index (χ4n) is 3.46. The van der Waals surface area contributed by atoms with Gasteiger partial charge in [0.25, 0.3) is 0 Å². The van der Waals surface area contributed by atoms with E-state index in [1.165, 1.54) is 44.9 Å². The Morgan fingerprint density at radius 2 is 1.67 bits per heavy atom. The molecule has 0 radical (unpaired) electrons. The number of hydrogen-bond acceptors (Lipinski definition) is 3. The molecule has 3 unspecified atom stereocenters. The predicted molar refractivity (Wildman–Crippen MR) is 77.2 cm³/mol. The molecule has 2 aliphatic rings. The van der Waals surface area contributed by atoms with Gasteiger partial charge >= 0.3 is 0 Å². The normalized spacial score (nSPS) is 34.0. The number of nitrogens with one attached hydrogen (secondary N) is 1. The van der Waals surface area contributed by atoms with E-state index in [-0.39, 0.29) is 5.54 Å². The zero-order valence-electron chi connectivity index (χ0n) is 12.4. The number of hydrogen-bond donors (Lipinski definition) is 2. The van der Waals surface area contributed by atoms with Crippen molar-refractivity contribution in [2.45, 2.75) is 83.3 Å². The van der Waals surface area contributed by atoms with Gasteiger partial charge in [0.1, 0.15) is 0 Å². The lowest BCUT2D eigenvalue weighted by Crippen LogP contribution is -2.63. The molecule has 1 saturated carbocycles. The molecule has 18 heavy (non-hydrogen) atoms. The Morgan fingerprint density at radius 1 is 1.11 bits per heavy atom. The maximum atomic E-state index is 6.05. The van der Waals surface area contributed by atoms with Crippen molar-refractivity contribution in [3.05, 3.63) is 0 Å². The van der Waals surface area contributed by atoms with E-state index in [4.69, 9.17) is 5.73 Å². The van der Waals surface area contributed by atoms with Crippen molar-refractivity contribution >= 4 is 0 Å². The summed E-state index contributed by atoms with van der Waals surface area (Å²) in [5.41, 5.74) is 9.93. The molecule has 1 aliphatic carbocycles. The van der Waals surface area contributed by atoms with Crippen LogP contribution in [-0.4, -0.2) is 29.2 Å². The molecule has 1 aliphatic heterocycles. The third-order valence-corrected chi connectivity index (χ3v) is 5.01. The second kappa shape index (κ2) is 5.89. The SMILES string of the molecule is CC1CCCC(C)N1NC(C)(CN)CC1CCC1. The second-order valence-electron chi connectivity index (χ2n) is 6.91. The van der Waals surface area contributed by atoms with Crippen molar-refractivity contribution in [3.63, 3.8) is 0 Å². The van der Waals surface area contributed by atoms with E-state index in [0.29, 0.717) is 12.1 Å². The monoisotopic (exact) mass is 253 g/mol. The molecule has 0 bridgehead atoms. The summed E-state index contributed by atoms with van der Waals surface area (Å²) in [7, 11) is 0. The summed E-state index contributed by atoms with van der Waals surface area (Å²) in [4.78, 5) is 0. The van der Waals surface area contributed by atoms with Crippen molar-refractivity contribution in [2.24, 2.45) is 11.7 Å². The molecular weight excluding hydrogens is 222 g/mol. The molecular formula is C15H31N3. The smallest absolute Gasteiger partial charge is 0.0422 e. The summed E-state index contributed by atoms with van der Waals surface area (Å²) in [6.45, 7) is 7.71. The number of nitrogens with zero attached hydrogens (tertiary/aromatic N) is 1. The Bertz CT molecular complexity index is 254. The van der Waals surface area contributed by atoms with Crippen LogP contribution in [0, 0.1) is 5.92 Å². The zero-order valence-corrected chi connectivity index (χ0v) is 12.4. The molecule has 3 N–H and O–H groups in total. The Balaban J connectivity index is 1.94. The first-order valence-corrected chi connectivity index (χ1v) is 7.80. The maximum absolute atomic E-state index is 6.05. The highest BCUT2D eigenvalue weighted by atomic mass is 15.6. The number of rotatable bonds is 5. The molecule has 2 rings (SSSR count). The molecule has 0 aromatic heterocycles.